The molecule has 6 nitrogen and oxygen atoms in total. The fourth-order valence-electron chi connectivity index (χ4n) is 1.55. The molecule has 2 aromatic heterocycles. The molecule has 0 aliphatic heterocycles. The topological polar surface area (TPSA) is 84.1 Å². The van der Waals surface area contributed by atoms with E-state index in [4.69, 9.17) is 17.4 Å². The Morgan fingerprint density at radius 3 is 3.00 bits per heavy atom. The van der Waals surface area contributed by atoms with Crippen LogP contribution >= 0.6 is 22.9 Å². The lowest BCUT2D eigenvalue weighted by Crippen LogP contribution is -2.26. The molecule has 0 unspecified atom stereocenters. The standard InChI is InChI=1S/C11H12ClN5OS/c1-17(4-8-5-19-6-14-8)11(18)7-2-9(12)15-10(3-7)16-13/h2-3,5-6H,4,13H2,1H3,(H,15,16). The van der Waals surface area contributed by atoms with Gasteiger partial charge in [0.2, 0.25) is 0 Å². The third kappa shape index (κ3) is 3.40. The third-order valence-corrected chi connectivity index (χ3v) is 3.25. The molecule has 0 aliphatic rings. The van der Waals surface area contributed by atoms with Gasteiger partial charge >= 0.3 is 0 Å². The number of nitrogens with one attached hydrogen (secondary N) is 1. The lowest BCUT2D eigenvalue weighted by atomic mass is 10.2. The van der Waals surface area contributed by atoms with Gasteiger partial charge in [0, 0.05) is 18.0 Å². The Morgan fingerprint density at radius 2 is 2.37 bits per heavy atom. The van der Waals surface area contributed by atoms with E-state index in [2.05, 4.69) is 15.4 Å². The van der Waals surface area contributed by atoms with Gasteiger partial charge in [0.1, 0.15) is 11.0 Å². The number of nitrogens with two attached hydrogens (primary N) is 1. The number of rotatable bonds is 4. The number of hydrazine groups is 1. The summed E-state index contributed by atoms with van der Waals surface area (Å²) in [6.45, 7) is 0.438. The largest absolute Gasteiger partial charge is 0.336 e. The molecular weight excluding hydrogens is 286 g/mol. The second kappa shape index (κ2) is 5.96. The Morgan fingerprint density at radius 1 is 1.58 bits per heavy atom. The highest BCUT2D eigenvalue weighted by atomic mass is 35.5. The van der Waals surface area contributed by atoms with Crippen LogP contribution in [0.1, 0.15) is 16.1 Å². The Hall–Kier alpha value is -1.70. The second-order valence-corrected chi connectivity index (χ2v) is 4.96. The summed E-state index contributed by atoms with van der Waals surface area (Å²) in [5, 5.41) is 2.11. The van der Waals surface area contributed by atoms with Gasteiger partial charge in [-0.15, -0.1) is 11.3 Å². The molecule has 0 saturated heterocycles. The zero-order chi connectivity index (χ0) is 13.8. The summed E-state index contributed by atoms with van der Waals surface area (Å²) in [5.74, 6) is 5.44. The zero-order valence-corrected chi connectivity index (χ0v) is 11.7. The van der Waals surface area contributed by atoms with E-state index in [-0.39, 0.29) is 11.1 Å². The highest BCUT2D eigenvalue weighted by molar-refractivity contribution is 7.07. The minimum absolute atomic E-state index is 0.172. The fraction of sp³-hybridized carbons (Fsp3) is 0.182. The zero-order valence-electron chi connectivity index (χ0n) is 10.1. The van der Waals surface area contributed by atoms with E-state index in [9.17, 15) is 4.79 Å². The van der Waals surface area contributed by atoms with Crippen LogP contribution in [0.4, 0.5) is 5.82 Å². The first-order chi connectivity index (χ1) is 9.10. The summed E-state index contributed by atoms with van der Waals surface area (Å²) < 4.78 is 0. The van der Waals surface area contributed by atoms with Crippen LogP contribution in [-0.2, 0) is 6.54 Å². The van der Waals surface area contributed by atoms with E-state index in [1.807, 2.05) is 5.38 Å². The molecule has 8 heteroatoms. The molecular formula is C11H12ClN5OS. The van der Waals surface area contributed by atoms with Crippen molar-refractivity contribution in [3.05, 3.63) is 39.4 Å². The van der Waals surface area contributed by atoms with Crippen LogP contribution in [0.3, 0.4) is 0 Å². The summed E-state index contributed by atoms with van der Waals surface area (Å²) in [6.07, 6.45) is 0. The molecule has 0 spiro atoms. The number of amides is 1. The number of hydrogen-bond acceptors (Lipinski definition) is 6. The van der Waals surface area contributed by atoms with Crippen molar-refractivity contribution in [1.29, 1.82) is 0 Å². The molecule has 0 saturated carbocycles. The summed E-state index contributed by atoms with van der Waals surface area (Å²) in [6, 6.07) is 3.05. The minimum Gasteiger partial charge on any atom is -0.336 e. The van der Waals surface area contributed by atoms with Crippen LogP contribution < -0.4 is 11.3 Å². The van der Waals surface area contributed by atoms with Gasteiger partial charge in [-0.3, -0.25) is 4.79 Å². The van der Waals surface area contributed by atoms with E-state index in [1.54, 1.807) is 23.5 Å². The number of carbonyl (C=O) groups is 1. The number of aromatic nitrogens is 2. The average molecular weight is 298 g/mol. The van der Waals surface area contributed by atoms with Gasteiger partial charge in [-0.05, 0) is 12.1 Å². The Bertz CT molecular complexity index is 574. The summed E-state index contributed by atoms with van der Waals surface area (Å²) in [4.78, 5) is 21.8. The number of hydrogen-bond donors (Lipinski definition) is 2. The molecule has 0 aliphatic carbocycles. The molecule has 2 aromatic rings. The van der Waals surface area contributed by atoms with Crippen molar-refractivity contribution in [3.63, 3.8) is 0 Å². The number of carbonyl (C=O) groups excluding carboxylic acids is 1. The fourth-order valence-corrected chi connectivity index (χ4v) is 2.30. The normalized spacial score (nSPS) is 10.3. The van der Waals surface area contributed by atoms with Crippen molar-refractivity contribution in [2.75, 3.05) is 12.5 Å². The minimum atomic E-state index is -0.172. The molecule has 0 radical (unpaired) electrons. The first kappa shape index (κ1) is 13.7. The van der Waals surface area contributed by atoms with E-state index in [0.29, 0.717) is 17.9 Å². The maximum Gasteiger partial charge on any atom is 0.254 e. The number of halogens is 1. The lowest BCUT2D eigenvalue weighted by Gasteiger charge is -2.16. The van der Waals surface area contributed by atoms with Gasteiger partial charge in [-0.25, -0.2) is 15.8 Å². The van der Waals surface area contributed by atoms with Gasteiger partial charge in [-0.2, -0.15) is 0 Å². The van der Waals surface area contributed by atoms with Gasteiger partial charge in [-0.1, -0.05) is 11.6 Å². The molecule has 100 valence electrons. The smallest absolute Gasteiger partial charge is 0.254 e. The number of pyridine rings is 1. The number of nitrogen functional groups attached to an aromatic ring is 1. The van der Waals surface area contributed by atoms with Crippen molar-refractivity contribution in [1.82, 2.24) is 14.9 Å². The quantitative estimate of drug-likeness (QED) is 0.510. The Kier molecular flexibility index (Phi) is 4.31. The summed E-state index contributed by atoms with van der Waals surface area (Å²) in [5.41, 5.74) is 5.37. The third-order valence-electron chi connectivity index (χ3n) is 2.42. The van der Waals surface area contributed by atoms with Crippen LogP contribution in [0.2, 0.25) is 5.15 Å². The predicted octanol–water partition coefficient (Wildman–Crippen LogP) is 1.75. The van der Waals surface area contributed by atoms with Crippen LogP contribution in [0, 0.1) is 0 Å². The second-order valence-electron chi connectivity index (χ2n) is 3.85. The summed E-state index contributed by atoms with van der Waals surface area (Å²) in [7, 11) is 1.70. The predicted molar refractivity (Wildman–Crippen MR) is 75.0 cm³/mol. The number of thiazole rings is 1. The van der Waals surface area contributed by atoms with Gasteiger partial charge in [0.15, 0.2) is 0 Å². The molecule has 1 amide bonds. The van der Waals surface area contributed by atoms with E-state index >= 15 is 0 Å². The van der Waals surface area contributed by atoms with Crippen molar-refractivity contribution >= 4 is 34.7 Å². The SMILES string of the molecule is CN(Cc1cscn1)C(=O)c1cc(Cl)nc(NN)c1. The first-order valence-corrected chi connectivity index (χ1v) is 6.69. The number of nitrogens with zero attached hydrogens (tertiary/aromatic N) is 3. The van der Waals surface area contributed by atoms with E-state index in [0.717, 1.165) is 5.69 Å². The Labute approximate surface area is 119 Å². The van der Waals surface area contributed by atoms with Crippen molar-refractivity contribution in [3.8, 4) is 0 Å². The lowest BCUT2D eigenvalue weighted by molar-refractivity contribution is 0.0783. The average Bonchev–Trinajstić information content (AvgIpc) is 2.89. The van der Waals surface area contributed by atoms with Gasteiger partial charge in [0.05, 0.1) is 17.7 Å². The van der Waals surface area contributed by atoms with Crippen LogP contribution in [0.5, 0.6) is 0 Å². The van der Waals surface area contributed by atoms with Crippen LogP contribution in [0.15, 0.2) is 23.0 Å². The summed E-state index contributed by atoms with van der Waals surface area (Å²) >= 11 is 7.32. The molecule has 0 bridgehead atoms. The van der Waals surface area contributed by atoms with E-state index in [1.165, 1.54) is 17.4 Å². The maximum atomic E-state index is 12.2. The number of anilines is 1. The highest BCUT2D eigenvalue weighted by Gasteiger charge is 2.14. The maximum absolute atomic E-state index is 12.2. The van der Waals surface area contributed by atoms with Gasteiger partial charge < -0.3 is 10.3 Å². The van der Waals surface area contributed by atoms with Crippen molar-refractivity contribution < 1.29 is 4.79 Å². The first-order valence-electron chi connectivity index (χ1n) is 5.37. The molecule has 2 rings (SSSR count). The molecule has 19 heavy (non-hydrogen) atoms. The van der Waals surface area contributed by atoms with Crippen molar-refractivity contribution in [2.45, 2.75) is 6.54 Å². The molecule has 0 aromatic carbocycles. The molecule has 2 heterocycles. The monoisotopic (exact) mass is 297 g/mol. The van der Waals surface area contributed by atoms with Gasteiger partial charge in [0.25, 0.3) is 5.91 Å². The Balaban J connectivity index is 2.16. The highest BCUT2D eigenvalue weighted by Crippen LogP contribution is 2.16. The molecule has 0 fully saturated rings. The van der Waals surface area contributed by atoms with E-state index < -0.39 is 0 Å². The van der Waals surface area contributed by atoms with Crippen LogP contribution in [0.25, 0.3) is 0 Å². The molecule has 0 atom stereocenters. The van der Waals surface area contributed by atoms with Crippen molar-refractivity contribution in [2.24, 2.45) is 5.84 Å². The molecule has 3 N–H and O–H groups in total. The van der Waals surface area contributed by atoms with Crippen LogP contribution in [-0.4, -0.2) is 27.8 Å².